The molecule has 2 aromatic carbocycles. The monoisotopic (exact) mass is 340 g/mol. The standard InChI is InChI=1S/C22H28O3/c1-14(2)18-9-7-17(8-10-18)13-19-16(4)11-15(3)12-20(19)25-22(5,6)21(23)24/h7-12,14H,13H2,1-6H3,(H,23,24). The average Bonchev–Trinajstić information content (AvgIpc) is 2.50. The first-order chi connectivity index (χ1) is 11.6. The maximum absolute atomic E-state index is 11.4. The number of aryl methyl sites for hydroxylation is 2. The molecular formula is C22H28O3. The number of aliphatic carboxylic acids is 1. The van der Waals surface area contributed by atoms with Gasteiger partial charge < -0.3 is 9.84 Å². The van der Waals surface area contributed by atoms with Crippen LogP contribution < -0.4 is 4.74 Å². The Kier molecular flexibility index (Phi) is 5.56. The Labute approximate surface area is 150 Å². The van der Waals surface area contributed by atoms with E-state index in [0.717, 1.165) is 23.1 Å². The largest absolute Gasteiger partial charge is 0.478 e. The van der Waals surface area contributed by atoms with Gasteiger partial charge in [0.15, 0.2) is 5.60 Å². The van der Waals surface area contributed by atoms with Gasteiger partial charge >= 0.3 is 5.97 Å². The van der Waals surface area contributed by atoms with Crippen molar-refractivity contribution in [2.24, 2.45) is 0 Å². The molecule has 3 heteroatoms. The molecular weight excluding hydrogens is 312 g/mol. The van der Waals surface area contributed by atoms with Gasteiger partial charge in [0, 0.05) is 12.0 Å². The minimum Gasteiger partial charge on any atom is -0.478 e. The van der Waals surface area contributed by atoms with Crippen LogP contribution >= 0.6 is 0 Å². The SMILES string of the molecule is Cc1cc(C)c(Cc2ccc(C(C)C)cc2)c(OC(C)(C)C(=O)O)c1. The van der Waals surface area contributed by atoms with E-state index >= 15 is 0 Å². The Morgan fingerprint density at radius 2 is 1.72 bits per heavy atom. The average molecular weight is 340 g/mol. The highest BCUT2D eigenvalue weighted by atomic mass is 16.5. The summed E-state index contributed by atoms with van der Waals surface area (Å²) in [6.07, 6.45) is 0.718. The van der Waals surface area contributed by atoms with Crippen molar-refractivity contribution >= 4 is 5.97 Å². The quantitative estimate of drug-likeness (QED) is 0.780. The molecule has 0 aliphatic carbocycles. The molecule has 0 amide bonds. The summed E-state index contributed by atoms with van der Waals surface area (Å²) >= 11 is 0. The van der Waals surface area contributed by atoms with E-state index in [1.165, 1.54) is 11.1 Å². The van der Waals surface area contributed by atoms with Gasteiger partial charge in [0.2, 0.25) is 0 Å². The van der Waals surface area contributed by atoms with Crippen LogP contribution in [-0.4, -0.2) is 16.7 Å². The lowest BCUT2D eigenvalue weighted by atomic mass is 9.95. The van der Waals surface area contributed by atoms with E-state index in [1.807, 2.05) is 19.9 Å². The zero-order chi connectivity index (χ0) is 18.8. The van der Waals surface area contributed by atoms with Crippen LogP contribution in [0, 0.1) is 13.8 Å². The van der Waals surface area contributed by atoms with Gasteiger partial charge in [-0.05, 0) is 61.9 Å². The Bertz CT molecular complexity index is 756. The molecule has 2 rings (SSSR count). The molecule has 0 aromatic heterocycles. The number of carbonyl (C=O) groups is 1. The third-order valence-corrected chi connectivity index (χ3v) is 4.48. The number of carboxylic acids is 1. The van der Waals surface area contributed by atoms with Gasteiger partial charge in [-0.1, -0.05) is 44.2 Å². The Balaban J connectivity index is 2.38. The molecule has 0 atom stereocenters. The van der Waals surface area contributed by atoms with E-state index in [-0.39, 0.29) is 0 Å². The molecule has 0 spiro atoms. The summed E-state index contributed by atoms with van der Waals surface area (Å²) in [7, 11) is 0. The number of hydrogen-bond donors (Lipinski definition) is 1. The first-order valence-corrected chi connectivity index (χ1v) is 8.71. The first kappa shape index (κ1) is 19.0. The molecule has 0 fully saturated rings. The summed E-state index contributed by atoms with van der Waals surface area (Å²) in [5, 5.41) is 9.38. The number of carboxylic acid groups (broad SMARTS) is 1. The molecule has 0 aliphatic heterocycles. The predicted molar refractivity (Wildman–Crippen MR) is 102 cm³/mol. The van der Waals surface area contributed by atoms with E-state index in [4.69, 9.17) is 4.74 Å². The fourth-order valence-corrected chi connectivity index (χ4v) is 2.82. The third-order valence-electron chi connectivity index (χ3n) is 4.48. The molecule has 0 radical (unpaired) electrons. The number of hydrogen-bond acceptors (Lipinski definition) is 2. The highest BCUT2D eigenvalue weighted by molar-refractivity contribution is 5.77. The molecule has 0 unspecified atom stereocenters. The predicted octanol–water partition coefficient (Wildman–Crippen LogP) is 5.26. The van der Waals surface area contributed by atoms with Crippen LogP contribution in [0.1, 0.15) is 61.4 Å². The number of ether oxygens (including phenoxy) is 1. The van der Waals surface area contributed by atoms with Crippen LogP contribution in [0.4, 0.5) is 0 Å². The summed E-state index contributed by atoms with van der Waals surface area (Å²) in [4.78, 5) is 11.4. The molecule has 0 heterocycles. The van der Waals surface area contributed by atoms with Gasteiger partial charge in [0.1, 0.15) is 5.75 Å². The highest BCUT2D eigenvalue weighted by Gasteiger charge is 2.30. The van der Waals surface area contributed by atoms with Crippen molar-refractivity contribution in [1.29, 1.82) is 0 Å². The lowest BCUT2D eigenvalue weighted by molar-refractivity contribution is -0.152. The fourth-order valence-electron chi connectivity index (χ4n) is 2.82. The normalized spacial score (nSPS) is 11.6. The Morgan fingerprint density at radius 3 is 2.24 bits per heavy atom. The smallest absolute Gasteiger partial charge is 0.347 e. The topological polar surface area (TPSA) is 46.5 Å². The molecule has 0 bridgehead atoms. The molecule has 25 heavy (non-hydrogen) atoms. The van der Waals surface area contributed by atoms with Crippen LogP contribution in [0.3, 0.4) is 0 Å². The molecule has 0 saturated heterocycles. The molecule has 0 aliphatic rings. The van der Waals surface area contributed by atoms with E-state index < -0.39 is 11.6 Å². The summed E-state index contributed by atoms with van der Waals surface area (Å²) in [5.41, 5.74) is 4.45. The second-order valence-corrected chi connectivity index (χ2v) is 7.55. The zero-order valence-corrected chi connectivity index (χ0v) is 16.0. The maximum atomic E-state index is 11.4. The minimum atomic E-state index is -1.27. The minimum absolute atomic E-state index is 0.505. The molecule has 3 nitrogen and oxygen atoms in total. The van der Waals surface area contributed by atoms with Gasteiger partial charge in [-0.15, -0.1) is 0 Å². The summed E-state index contributed by atoms with van der Waals surface area (Å²) in [6, 6.07) is 12.6. The van der Waals surface area contributed by atoms with Crippen molar-refractivity contribution in [1.82, 2.24) is 0 Å². The fraction of sp³-hybridized carbons (Fsp3) is 0.409. The summed E-state index contributed by atoms with van der Waals surface area (Å²) in [6.45, 7) is 11.6. The van der Waals surface area contributed by atoms with Crippen molar-refractivity contribution in [2.75, 3.05) is 0 Å². The first-order valence-electron chi connectivity index (χ1n) is 8.71. The van der Waals surface area contributed by atoms with Crippen molar-refractivity contribution < 1.29 is 14.6 Å². The summed E-state index contributed by atoms with van der Waals surface area (Å²) < 4.78 is 5.89. The lowest BCUT2D eigenvalue weighted by Crippen LogP contribution is -2.38. The van der Waals surface area contributed by atoms with Crippen molar-refractivity contribution in [3.8, 4) is 5.75 Å². The molecule has 2 aromatic rings. The molecule has 134 valence electrons. The summed E-state index contributed by atoms with van der Waals surface area (Å²) in [5.74, 6) is 0.183. The number of benzene rings is 2. The van der Waals surface area contributed by atoms with Crippen molar-refractivity contribution in [3.63, 3.8) is 0 Å². The highest BCUT2D eigenvalue weighted by Crippen LogP contribution is 2.30. The number of rotatable bonds is 6. The van der Waals surface area contributed by atoms with E-state index in [1.54, 1.807) is 13.8 Å². The Hall–Kier alpha value is -2.29. The van der Waals surface area contributed by atoms with E-state index in [9.17, 15) is 9.90 Å². The van der Waals surface area contributed by atoms with Gasteiger partial charge in [0.25, 0.3) is 0 Å². The van der Waals surface area contributed by atoms with Crippen LogP contribution in [0.15, 0.2) is 36.4 Å². The van der Waals surface area contributed by atoms with Gasteiger partial charge in [-0.2, -0.15) is 0 Å². The van der Waals surface area contributed by atoms with Crippen LogP contribution in [0.5, 0.6) is 5.75 Å². The Morgan fingerprint density at radius 1 is 1.12 bits per heavy atom. The van der Waals surface area contributed by atoms with Crippen LogP contribution in [-0.2, 0) is 11.2 Å². The van der Waals surface area contributed by atoms with E-state index in [2.05, 4.69) is 44.2 Å². The zero-order valence-electron chi connectivity index (χ0n) is 16.0. The molecule has 0 saturated carbocycles. The van der Waals surface area contributed by atoms with Gasteiger partial charge in [0.05, 0.1) is 0 Å². The van der Waals surface area contributed by atoms with Gasteiger partial charge in [-0.3, -0.25) is 0 Å². The lowest BCUT2D eigenvalue weighted by Gasteiger charge is -2.25. The van der Waals surface area contributed by atoms with Gasteiger partial charge in [-0.25, -0.2) is 4.79 Å². The second kappa shape index (κ2) is 7.30. The van der Waals surface area contributed by atoms with Crippen molar-refractivity contribution in [2.45, 2.75) is 59.5 Å². The van der Waals surface area contributed by atoms with Crippen LogP contribution in [0.25, 0.3) is 0 Å². The molecule has 1 N–H and O–H groups in total. The maximum Gasteiger partial charge on any atom is 0.347 e. The third kappa shape index (κ3) is 4.62. The van der Waals surface area contributed by atoms with E-state index in [0.29, 0.717) is 11.7 Å². The second-order valence-electron chi connectivity index (χ2n) is 7.55. The van der Waals surface area contributed by atoms with Crippen LogP contribution in [0.2, 0.25) is 0 Å². The van der Waals surface area contributed by atoms with Crippen molar-refractivity contribution in [3.05, 3.63) is 64.2 Å².